The molecule has 0 aromatic heterocycles. The molecule has 0 heterocycles. The molecule has 0 aliphatic rings. The Balaban J connectivity index is 1.73. The number of nitrogens with one attached hydrogen (secondary N) is 1. The van der Waals surface area contributed by atoms with E-state index in [0.29, 0.717) is 23.5 Å². The number of carbonyl (C=O) groups excluding carboxylic acids is 3. The Bertz CT molecular complexity index is 1180. The monoisotopic (exact) mass is 481 g/mol. The second kappa shape index (κ2) is 11.9. The van der Waals surface area contributed by atoms with Gasteiger partial charge in [0.15, 0.2) is 17.3 Å². The Labute approximate surface area is 202 Å². The molecule has 0 saturated carbocycles. The van der Waals surface area contributed by atoms with Crippen molar-refractivity contribution in [1.29, 1.82) is 0 Å². The first kappa shape index (κ1) is 24.8. The van der Waals surface area contributed by atoms with Crippen LogP contribution in [0.15, 0.2) is 66.7 Å². The van der Waals surface area contributed by atoms with E-state index < -0.39 is 11.9 Å². The lowest BCUT2D eigenvalue weighted by atomic mass is 10.1. The standard InChI is InChI=1S/C26H24ClNO6/c1-32-23-15-19(26(31)34-14-8-13-22(29)17-9-4-3-5-10-17)21(16-24(23)33-2)28-25(30)18-11-6-7-12-20(18)27/h3-7,9-12,15-16H,8,13-14H2,1-2H3,(H,28,30). The maximum absolute atomic E-state index is 12.9. The topological polar surface area (TPSA) is 90.9 Å². The normalized spacial score (nSPS) is 10.3. The fourth-order valence-corrected chi connectivity index (χ4v) is 3.45. The van der Waals surface area contributed by atoms with Crippen molar-refractivity contribution < 1.29 is 28.6 Å². The summed E-state index contributed by atoms with van der Waals surface area (Å²) in [5.74, 6) is -0.593. The van der Waals surface area contributed by atoms with Crippen LogP contribution in [0, 0.1) is 0 Å². The molecule has 0 atom stereocenters. The highest BCUT2D eigenvalue weighted by Crippen LogP contribution is 2.34. The molecule has 0 aliphatic heterocycles. The summed E-state index contributed by atoms with van der Waals surface area (Å²) in [7, 11) is 2.88. The van der Waals surface area contributed by atoms with Crippen molar-refractivity contribution in [3.8, 4) is 11.5 Å². The van der Waals surface area contributed by atoms with Crippen LogP contribution in [0.3, 0.4) is 0 Å². The van der Waals surface area contributed by atoms with Crippen molar-refractivity contribution in [2.24, 2.45) is 0 Å². The van der Waals surface area contributed by atoms with E-state index in [4.69, 9.17) is 25.8 Å². The highest BCUT2D eigenvalue weighted by molar-refractivity contribution is 6.34. The van der Waals surface area contributed by atoms with Crippen LogP contribution < -0.4 is 14.8 Å². The van der Waals surface area contributed by atoms with Crippen LogP contribution in [0.25, 0.3) is 0 Å². The van der Waals surface area contributed by atoms with Gasteiger partial charge in [0.1, 0.15) is 0 Å². The van der Waals surface area contributed by atoms with Gasteiger partial charge in [0.05, 0.1) is 42.7 Å². The van der Waals surface area contributed by atoms with E-state index in [0.717, 1.165) is 0 Å². The van der Waals surface area contributed by atoms with E-state index in [-0.39, 0.29) is 40.6 Å². The first-order valence-corrected chi connectivity index (χ1v) is 10.9. The molecule has 3 rings (SSSR count). The van der Waals surface area contributed by atoms with Crippen molar-refractivity contribution in [3.05, 3.63) is 88.4 Å². The molecule has 0 aliphatic carbocycles. The van der Waals surface area contributed by atoms with Gasteiger partial charge in [0, 0.05) is 24.1 Å². The molecule has 8 heteroatoms. The number of halogens is 1. The number of esters is 1. The largest absolute Gasteiger partial charge is 0.493 e. The minimum atomic E-state index is -0.678. The van der Waals surface area contributed by atoms with Crippen molar-refractivity contribution >= 4 is 34.9 Å². The molecule has 0 bridgehead atoms. The molecule has 176 valence electrons. The third-order valence-electron chi connectivity index (χ3n) is 4.99. The third-order valence-corrected chi connectivity index (χ3v) is 5.32. The van der Waals surface area contributed by atoms with E-state index >= 15 is 0 Å². The SMILES string of the molecule is COc1cc(NC(=O)c2ccccc2Cl)c(C(=O)OCCCC(=O)c2ccccc2)cc1OC. The molecule has 0 saturated heterocycles. The van der Waals surface area contributed by atoms with Crippen molar-refractivity contribution in [2.45, 2.75) is 12.8 Å². The number of anilines is 1. The van der Waals surface area contributed by atoms with Gasteiger partial charge in [0.25, 0.3) is 5.91 Å². The van der Waals surface area contributed by atoms with Gasteiger partial charge in [-0.2, -0.15) is 0 Å². The number of ketones is 1. The van der Waals surface area contributed by atoms with Crippen molar-refractivity contribution in [3.63, 3.8) is 0 Å². The summed E-state index contributed by atoms with van der Waals surface area (Å²) < 4.78 is 16.0. The predicted molar refractivity (Wildman–Crippen MR) is 129 cm³/mol. The van der Waals surface area contributed by atoms with E-state index in [1.807, 2.05) is 6.07 Å². The molecule has 1 amide bonds. The van der Waals surface area contributed by atoms with Gasteiger partial charge >= 0.3 is 5.97 Å². The number of benzene rings is 3. The lowest BCUT2D eigenvalue weighted by Gasteiger charge is -2.15. The number of amides is 1. The zero-order valence-corrected chi connectivity index (χ0v) is 19.6. The average molecular weight is 482 g/mol. The van der Waals surface area contributed by atoms with E-state index in [1.54, 1.807) is 48.5 Å². The van der Waals surface area contributed by atoms with Gasteiger partial charge in [-0.15, -0.1) is 0 Å². The first-order valence-electron chi connectivity index (χ1n) is 10.5. The van der Waals surface area contributed by atoms with Crippen molar-refractivity contribution in [2.75, 3.05) is 26.1 Å². The Kier molecular flexibility index (Phi) is 8.65. The predicted octanol–water partition coefficient (Wildman–Crippen LogP) is 5.43. The second-order valence-corrected chi connectivity index (χ2v) is 7.62. The van der Waals surface area contributed by atoms with Crippen LogP contribution in [-0.4, -0.2) is 38.5 Å². The number of Topliss-reactive ketones (excluding diaryl/α,β-unsaturated/α-hetero) is 1. The summed E-state index contributed by atoms with van der Waals surface area (Å²) in [5, 5.41) is 2.96. The maximum atomic E-state index is 12.9. The van der Waals surface area contributed by atoms with E-state index in [1.165, 1.54) is 26.4 Å². The van der Waals surface area contributed by atoms with E-state index in [9.17, 15) is 14.4 Å². The summed E-state index contributed by atoms with van der Waals surface area (Å²) in [6.45, 7) is 0.0314. The van der Waals surface area contributed by atoms with Crippen LogP contribution in [-0.2, 0) is 4.74 Å². The third kappa shape index (κ3) is 6.14. The van der Waals surface area contributed by atoms with Gasteiger partial charge in [-0.3, -0.25) is 9.59 Å². The highest BCUT2D eigenvalue weighted by atomic mass is 35.5. The van der Waals surface area contributed by atoms with Gasteiger partial charge < -0.3 is 19.5 Å². The fraction of sp³-hybridized carbons (Fsp3) is 0.192. The van der Waals surface area contributed by atoms with Crippen LogP contribution in [0.5, 0.6) is 11.5 Å². The summed E-state index contributed by atoms with van der Waals surface area (Å²) in [5.41, 5.74) is 1.11. The van der Waals surface area contributed by atoms with E-state index in [2.05, 4.69) is 5.32 Å². The second-order valence-electron chi connectivity index (χ2n) is 7.22. The Morgan fingerprint density at radius 2 is 1.50 bits per heavy atom. The molecule has 0 radical (unpaired) electrons. The average Bonchev–Trinajstić information content (AvgIpc) is 2.86. The Hall–Kier alpha value is -3.84. The minimum Gasteiger partial charge on any atom is -0.493 e. The van der Waals surface area contributed by atoms with Crippen LogP contribution >= 0.6 is 11.6 Å². The molecule has 7 nitrogen and oxygen atoms in total. The zero-order chi connectivity index (χ0) is 24.5. The lowest BCUT2D eigenvalue weighted by molar-refractivity contribution is 0.0495. The Morgan fingerprint density at radius 3 is 2.18 bits per heavy atom. The summed E-state index contributed by atoms with van der Waals surface area (Å²) in [6, 6.07) is 18.4. The van der Waals surface area contributed by atoms with Crippen LogP contribution in [0.1, 0.15) is 43.9 Å². The smallest absolute Gasteiger partial charge is 0.340 e. The number of methoxy groups -OCH3 is 2. The zero-order valence-electron chi connectivity index (χ0n) is 18.8. The maximum Gasteiger partial charge on any atom is 0.340 e. The number of hydrogen-bond donors (Lipinski definition) is 1. The first-order chi connectivity index (χ1) is 16.4. The molecule has 0 fully saturated rings. The molecule has 1 N–H and O–H groups in total. The molecule has 34 heavy (non-hydrogen) atoms. The summed E-state index contributed by atoms with van der Waals surface area (Å²) in [4.78, 5) is 37.9. The number of ether oxygens (including phenoxy) is 3. The fourth-order valence-electron chi connectivity index (χ4n) is 3.23. The van der Waals surface area contributed by atoms with Gasteiger partial charge in [-0.1, -0.05) is 54.1 Å². The summed E-state index contributed by atoms with van der Waals surface area (Å²) >= 11 is 6.12. The molecule has 0 spiro atoms. The molecule has 0 unspecified atom stereocenters. The van der Waals surface area contributed by atoms with Gasteiger partial charge in [-0.25, -0.2) is 4.79 Å². The minimum absolute atomic E-state index is 0.0314. The number of rotatable bonds is 10. The number of carbonyl (C=O) groups is 3. The lowest BCUT2D eigenvalue weighted by Crippen LogP contribution is -2.17. The molecule has 3 aromatic rings. The van der Waals surface area contributed by atoms with Crippen LogP contribution in [0.2, 0.25) is 5.02 Å². The van der Waals surface area contributed by atoms with Crippen molar-refractivity contribution in [1.82, 2.24) is 0 Å². The molecular weight excluding hydrogens is 458 g/mol. The van der Waals surface area contributed by atoms with Crippen LogP contribution in [0.4, 0.5) is 5.69 Å². The molecular formula is C26H24ClNO6. The highest BCUT2D eigenvalue weighted by Gasteiger charge is 2.21. The van der Waals surface area contributed by atoms with Gasteiger partial charge in [0.2, 0.25) is 0 Å². The number of hydrogen-bond acceptors (Lipinski definition) is 6. The quantitative estimate of drug-likeness (QED) is 0.236. The van der Waals surface area contributed by atoms with Gasteiger partial charge in [-0.05, 0) is 18.6 Å². The summed E-state index contributed by atoms with van der Waals surface area (Å²) in [6.07, 6.45) is 0.591. The Morgan fingerprint density at radius 1 is 0.853 bits per heavy atom. The molecule has 3 aromatic carbocycles.